The van der Waals surface area contributed by atoms with E-state index in [-0.39, 0.29) is 11.6 Å². The van der Waals surface area contributed by atoms with Gasteiger partial charge in [-0.2, -0.15) is 5.26 Å². The van der Waals surface area contributed by atoms with E-state index in [2.05, 4.69) is 11.1 Å². The van der Waals surface area contributed by atoms with Gasteiger partial charge < -0.3 is 4.40 Å². The number of nitro groups is 1. The van der Waals surface area contributed by atoms with E-state index in [0.717, 1.165) is 22.5 Å². The standard InChI is InChI=1S/C17H14N4O2/c1-11-7-8-20-15(9-11)19-16(17(20)12(2)10-18)13-3-5-14(6-4-13)21(22)23/h3-9,12H,1-2H3. The van der Waals surface area contributed by atoms with Gasteiger partial charge in [-0.25, -0.2) is 4.98 Å². The smallest absolute Gasteiger partial charge is 0.269 e. The Labute approximate surface area is 132 Å². The van der Waals surface area contributed by atoms with Crippen molar-refractivity contribution in [3.63, 3.8) is 0 Å². The van der Waals surface area contributed by atoms with Crippen molar-refractivity contribution in [1.82, 2.24) is 9.38 Å². The molecule has 0 N–H and O–H groups in total. The van der Waals surface area contributed by atoms with Crippen LogP contribution in [0.2, 0.25) is 0 Å². The molecule has 0 aliphatic heterocycles. The fourth-order valence-corrected chi connectivity index (χ4v) is 2.59. The molecular weight excluding hydrogens is 292 g/mol. The van der Waals surface area contributed by atoms with E-state index in [4.69, 9.17) is 0 Å². The van der Waals surface area contributed by atoms with Crippen molar-refractivity contribution >= 4 is 11.3 Å². The number of aryl methyl sites for hydroxylation is 1. The number of nitrogens with zero attached hydrogens (tertiary/aromatic N) is 4. The first-order valence-electron chi connectivity index (χ1n) is 7.14. The van der Waals surface area contributed by atoms with Gasteiger partial charge in [0.15, 0.2) is 0 Å². The molecule has 2 aromatic heterocycles. The van der Waals surface area contributed by atoms with E-state index in [1.807, 2.05) is 36.6 Å². The predicted molar refractivity (Wildman–Crippen MR) is 86.0 cm³/mol. The lowest BCUT2D eigenvalue weighted by Crippen LogP contribution is -1.98. The summed E-state index contributed by atoms with van der Waals surface area (Å²) in [5, 5.41) is 20.1. The van der Waals surface area contributed by atoms with Crippen molar-refractivity contribution in [2.24, 2.45) is 0 Å². The molecule has 1 atom stereocenters. The maximum atomic E-state index is 10.8. The van der Waals surface area contributed by atoms with Crippen LogP contribution in [0.4, 0.5) is 5.69 Å². The van der Waals surface area contributed by atoms with E-state index < -0.39 is 4.92 Å². The Bertz CT molecular complexity index is 936. The van der Waals surface area contributed by atoms with Gasteiger partial charge in [0.1, 0.15) is 5.65 Å². The average Bonchev–Trinajstić information content (AvgIpc) is 2.92. The van der Waals surface area contributed by atoms with E-state index >= 15 is 0 Å². The van der Waals surface area contributed by atoms with Crippen LogP contribution in [0.3, 0.4) is 0 Å². The zero-order chi connectivity index (χ0) is 16.6. The maximum absolute atomic E-state index is 10.8. The molecule has 0 amide bonds. The quantitative estimate of drug-likeness (QED) is 0.543. The molecule has 6 nitrogen and oxygen atoms in total. The second kappa shape index (κ2) is 5.54. The molecule has 2 heterocycles. The third-order valence-electron chi connectivity index (χ3n) is 3.77. The fraction of sp³-hybridized carbons (Fsp3) is 0.176. The number of rotatable bonds is 3. The van der Waals surface area contributed by atoms with Crippen molar-refractivity contribution in [2.45, 2.75) is 19.8 Å². The molecule has 0 aliphatic carbocycles. The lowest BCUT2D eigenvalue weighted by Gasteiger charge is -2.07. The molecule has 0 saturated carbocycles. The summed E-state index contributed by atoms with van der Waals surface area (Å²) in [7, 11) is 0. The van der Waals surface area contributed by atoms with Crippen LogP contribution in [0.1, 0.15) is 24.1 Å². The zero-order valence-corrected chi connectivity index (χ0v) is 12.7. The van der Waals surface area contributed by atoms with Crippen LogP contribution < -0.4 is 0 Å². The van der Waals surface area contributed by atoms with E-state index in [1.54, 1.807) is 12.1 Å². The minimum atomic E-state index is -0.435. The van der Waals surface area contributed by atoms with Gasteiger partial charge in [0, 0.05) is 23.9 Å². The summed E-state index contributed by atoms with van der Waals surface area (Å²) in [5.41, 5.74) is 4.09. The number of hydrogen-bond acceptors (Lipinski definition) is 4. The molecular formula is C17H14N4O2. The first-order chi connectivity index (χ1) is 11.0. The van der Waals surface area contributed by atoms with Crippen molar-refractivity contribution in [1.29, 1.82) is 5.26 Å². The number of aromatic nitrogens is 2. The Kier molecular flexibility index (Phi) is 3.54. The lowest BCUT2D eigenvalue weighted by atomic mass is 10.0. The summed E-state index contributed by atoms with van der Waals surface area (Å²) in [6.45, 7) is 3.80. The van der Waals surface area contributed by atoms with Crippen LogP contribution in [0.25, 0.3) is 16.9 Å². The fourth-order valence-electron chi connectivity index (χ4n) is 2.59. The first-order valence-corrected chi connectivity index (χ1v) is 7.14. The lowest BCUT2D eigenvalue weighted by molar-refractivity contribution is -0.384. The van der Waals surface area contributed by atoms with Crippen LogP contribution in [0, 0.1) is 28.4 Å². The molecule has 0 spiro atoms. The largest absolute Gasteiger partial charge is 0.302 e. The Morgan fingerprint density at radius 2 is 2.00 bits per heavy atom. The van der Waals surface area contributed by atoms with Crippen LogP contribution in [-0.2, 0) is 0 Å². The highest BCUT2D eigenvalue weighted by atomic mass is 16.6. The molecule has 23 heavy (non-hydrogen) atoms. The maximum Gasteiger partial charge on any atom is 0.269 e. The number of benzene rings is 1. The molecule has 1 unspecified atom stereocenters. The molecule has 0 aliphatic rings. The monoisotopic (exact) mass is 306 g/mol. The molecule has 0 radical (unpaired) electrons. The molecule has 6 heteroatoms. The highest BCUT2D eigenvalue weighted by molar-refractivity contribution is 5.69. The second-order valence-corrected chi connectivity index (χ2v) is 5.43. The second-order valence-electron chi connectivity index (χ2n) is 5.43. The van der Waals surface area contributed by atoms with Gasteiger partial charge in [0.25, 0.3) is 5.69 Å². The number of non-ortho nitro benzene ring substituents is 1. The number of hydrogen-bond donors (Lipinski definition) is 0. The Hall–Kier alpha value is -3.20. The Morgan fingerprint density at radius 3 is 2.61 bits per heavy atom. The van der Waals surface area contributed by atoms with Crippen LogP contribution in [0.15, 0.2) is 42.6 Å². The van der Waals surface area contributed by atoms with E-state index in [0.29, 0.717) is 5.69 Å². The van der Waals surface area contributed by atoms with Crippen molar-refractivity contribution in [2.75, 3.05) is 0 Å². The highest BCUT2D eigenvalue weighted by Crippen LogP contribution is 2.31. The van der Waals surface area contributed by atoms with Crippen molar-refractivity contribution in [3.8, 4) is 17.3 Å². The minimum Gasteiger partial charge on any atom is -0.302 e. The number of nitriles is 1. The van der Waals surface area contributed by atoms with Gasteiger partial charge in [-0.1, -0.05) is 0 Å². The summed E-state index contributed by atoms with van der Waals surface area (Å²) in [5.74, 6) is -0.349. The summed E-state index contributed by atoms with van der Waals surface area (Å²) in [6, 6.07) is 12.4. The summed E-state index contributed by atoms with van der Waals surface area (Å²) >= 11 is 0. The molecule has 0 bridgehead atoms. The van der Waals surface area contributed by atoms with E-state index in [1.165, 1.54) is 12.1 Å². The first kappa shape index (κ1) is 14.7. The van der Waals surface area contributed by atoms with Crippen molar-refractivity contribution in [3.05, 3.63) is 64.0 Å². The minimum absolute atomic E-state index is 0.0308. The topological polar surface area (TPSA) is 84.2 Å². The molecule has 3 aromatic rings. The molecule has 1 aromatic carbocycles. The third kappa shape index (κ3) is 2.53. The molecule has 0 saturated heterocycles. The van der Waals surface area contributed by atoms with Gasteiger partial charge in [0.05, 0.1) is 28.3 Å². The van der Waals surface area contributed by atoms with Gasteiger partial charge in [-0.15, -0.1) is 0 Å². The number of nitro benzene ring substituents is 1. The highest BCUT2D eigenvalue weighted by Gasteiger charge is 2.19. The summed E-state index contributed by atoms with van der Waals surface area (Å²) in [4.78, 5) is 15.0. The van der Waals surface area contributed by atoms with Crippen LogP contribution >= 0.6 is 0 Å². The number of pyridine rings is 1. The molecule has 3 rings (SSSR count). The van der Waals surface area contributed by atoms with E-state index in [9.17, 15) is 15.4 Å². The molecule has 0 fully saturated rings. The van der Waals surface area contributed by atoms with Gasteiger partial charge >= 0.3 is 0 Å². The van der Waals surface area contributed by atoms with Crippen LogP contribution in [-0.4, -0.2) is 14.3 Å². The van der Waals surface area contributed by atoms with Gasteiger partial charge in [0.2, 0.25) is 0 Å². The average molecular weight is 306 g/mol. The number of fused-ring (bicyclic) bond motifs is 1. The van der Waals surface area contributed by atoms with Crippen molar-refractivity contribution < 1.29 is 4.92 Å². The Balaban J connectivity index is 2.23. The normalized spacial score (nSPS) is 12.0. The Morgan fingerprint density at radius 1 is 1.30 bits per heavy atom. The van der Waals surface area contributed by atoms with Gasteiger partial charge in [-0.3, -0.25) is 10.1 Å². The summed E-state index contributed by atoms with van der Waals surface area (Å²) in [6.07, 6.45) is 1.90. The van der Waals surface area contributed by atoms with Crippen LogP contribution in [0.5, 0.6) is 0 Å². The summed E-state index contributed by atoms with van der Waals surface area (Å²) < 4.78 is 1.90. The SMILES string of the molecule is Cc1ccn2c(C(C)C#N)c(-c3ccc([N+](=O)[O-])cc3)nc2c1. The number of imidazole rings is 1. The predicted octanol–water partition coefficient (Wildman–Crippen LogP) is 3.85. The third-order valence-corrected chi connectivity index (χ3v) is 3.77. The van der Waals surface area contributed by atoms with Gasteiger partial charge in [-0.05, 0) is 43.7 Å². The molecule has 114 valence electrons. The zero-order valence-electron chi connectivity index (χ0n) is 12.7.